The number of carbonyl (C=O) groups is 1. The first-order chi connectivity index (χ1) is 13.5. The van der Waals surface area contributed by atoms with Crippen LogP contribution in [-0.4, -0.2) is 21.2 Å². The lowest BCUT2D eigenvalue weighted by Gasteiger charge is -2.24. The van der Waals surface area contributed by atoms with Gasteiger partial charge in [0.05, 0.1) is 22.8 Å². The molecule has 0 saturated carbocycles. The number of alkyl carbamates (subject to hydrolysis) is 1. The second-order valence-corrected chi connectivity index (χ2v) is 8.72. The summed E-state index contributed by atoms with van der Waals surface area (Å²) < 4.78 is 35.3. The van der Waals surface area contributed by atoms with Gasteiger partial charge in [0.2, 0.25) is 0 Å². The molecule has 1 N–H and O–H groups in total. The number of aryl methyl sites for hydroxylation is 1. The minimum atomic E-state index is -0.687. The maximum absolute atomic E-state index is 13.7. The molecule has 0 aliphatic rings. The van der Waals surface area contributed by atoms with Crippen molar-refractivity contribution in [1.29, 1.82) is 0 Å². The zero-order chi connectivity index (χ0) is 21.3. The quantitative estimate of drug-likeness (QED) is 0.559. The van der Waals surface area contributed by atoms with Crippen molar-refractivity contribution >= 4 is 33.1 Å². The number of hydrogen-bond donors (Lipinski definition) is 1. The molecule has 29 heavy (non-hydrogen) atoms. The Bertz CT molecular complexity index is 1040. The Morgan fingerprint density at radius 3 is 2.52 bits per heavy atom. The number of fused-ring (bicyclic) bond motifs is 1. The summed E-state index contributed by atoms with van der Waals surface area (Å²) >= 11 is 3.51. The number of carbonyl (C=O) groups excluding carboxylic acids is 1. The molecule has 1 atom stereocenters. The van der Waals surface area contributed by atoms with E-state index in [1.54, 1.807) is 20.8 Å². The number of aromatic nitrogens is 2. The third-order valence-corrected chi connectivity index (χ3v) is 4.87. The van der Waals surface area contributed by atoms with Gasteiger partial charge in [-0.1, -0.05) is 0 Å². The monoisotopic (exact) mass is 465 g/mol. The summed E-state index contributed by atoms with van der Waals surface area (Å²) in [5.41, 5.74) is 1.90. The fraction of sp³-hybridized carbons (Fsp3) is 0.333. The highest BCUT2D eigenvalue weighted by Gasteiger charge is 2.24. The molecule has 2 heterocycles. The summed E-state index contributed by atoms with van der Waals surface area (Å²) in [7, 11) is 1.90. The first-order valence-corrected chi connectivity index (χ1v) is 9.87. The average Bonchev–Trinajstić information content (AvgIpc) is 2.91. The van der Waals surface area contributed by atoms with E-state index in [9.17, 15) is 13.6 Å². The molecule has 8 heteroatoms. The second-order valence-electron chi connectivity index (χ2n) is 7.87. The molecule has 1 unspecified atom stereocenters. The van der Waals surface area contributed by atoms with Gasteiger partial charge in [-0.05, 0) is 73.0 Å². The van der Waals surface area contributed by atoms with Crippen LogP contribution in [0.5, 0.6) is 0 Å². The van der Waals surface area contributed by atoms with Crippen molar-refractivity contribution in [3.63, 3.8) is 0 Å². The van der Waals surface area contributed by atoms with Crippen LogP contribution in [0.2, 0.25) is 0 Å². The molecule has 3 rings (SSSR count). The van der Waals surface area contributed by atoms with Crippen LogP contribution >= 0.6 is 15.9 Å². The summed E-state index contributed by atoms with van der Waals surface area (Å²) in [4.78, 5) is 17.1. The fourth-order valence-corrected chi connectivity index (χ4v) is 3.63. The Morgan fingerprint density at radius 2 is 1.90 bits per heavy atom. The van der Waals surface area contributed by atoms with Gasteiger partial charge in [-0.2, -0.15) is 0 Å². The van der Waals surface area contributed by atoms with E-state index < -0.39 is 29.4 Å². The number of nitrogens with one attached hydrogen (secondary N) is 1. The van der Waals surface area contributed by atoms with E-state index in [0.717, 1.165) is 17.1 Å². The van der Waals surface area contributed by atoms with Gasteiger partial charge in [0.1, 0.15) is 17.2 Å². The number of hydrogen-bond acceptors (Lipinski definition) is 3. The Labute approximate surface area is 176 Å². The third-order valence-electron chi connectivity index (χ3n) is 4.23. The van der Waals surface area contributed by atoms with Crippen LogP contribution in [0.1, 0.15) is 38.1 Å². The third kappa shape index (κ3) is 5.32. The van der Waals surface area contributed by atoms with Crippen LogP contribution in [0.15, 0.2) is 41.0 Å². The highest BCUT2D eigenvalue weighted by Crippen LogP contribution is 2.29. The SMILES string of the molecule is Cn1ccc2nc(C(Cc3cc(F)cc(F)c3)NC(=O)OC(C)(C)C)c(Br)cc21. The molecule has 0 spiro atoms. The van der Waals surface area contributed by atoms with Gasteiger partial charge in [-0.25, -0.2) is 18.6 Å². The predicted molar refractivity (Wildman–Crippen MR) is 111 cm³/mol. The first-order valence-electron chi connectivity index (χ1n) is 9.08. The van der Waals surface area contributed by atoms with Gasteiger partial charge >= 0.3 is 6.09 Å². The van der Waals surface area contributed by atoms with Crippen LogP contribution in [-0.2, 0) is 18.2 Å². The lowest BCUT2D eigenvalue weighted by Crippen LogP contribution is -2.36. The van der Waals surface area contributed by atoms with E-state index in [2.05, 4.69) is 26.2 Å². The van der Waals surface area contributed by atoms with Gasteiger partial charge < -0.3 is 14.6 Å². The van der Waals surface area contributed by atoms with Gasteiger partial charge in [0.15, 0.2) is 0 Å². The van der Waals surface area contributed by atoms with Gasteiger partial charge in [-0.15, -0.1) is 0 Å². The molecule has 0 aliphatic carbocycles. The van der Waals surface area contributed by atoms with E-state index in [1.807, 2.05) is 29.9 Å². The topological polar surface area (TPSA) is 56.2 Å². The lowest BCUT2D eigenvalue weighted by atomic mass is 10.0. The van der Waals surface area contributed by atoms with Gasteiger partial charge in [-0.3, -0.25) is 0 Å². The minimum Gasteiger partial charge on any atom is -0.444 e. The maximum atomic E-state index is 13.7. The molecular formula is C21H22BrF2N3O2. The van der Waals surface area contributed by atoms with Crippen LogP contribution in [0.4, 0.5) is 13.6 Å². The zero-order valence-electron chi connectivity index (χ0n) is 16.6. The van der Waals surface area contributed by atoms with Crippen molar-refractivity contribution in [3.8, 4) is 0 Å². The summed E-state index contributed by atoms with van der Waals surface area (Å²) in [5.74, 6) is -1.36. The molecule has 0 fully saturated rings. The van der Waals surface area contributed by atoms with E-state index >= 15 is 0 Å². The summed E-state index contributed by atoms with van der Waals surface area (Å²) in [6.45, 7) is 5.27. The van der Waals surface area contributed by atoms with Gasteiger partial charge in [0, 0.05) is 23.8 Å². The number of amides is 1. The van der Waals surface area contributed by atoms with Crippen LogP contribution in [0.3, 0.4) is 0 Å². The Kier molecular flexibility index (Phi) is 5.93. The smallest absolute Gasteiger partial charge is 0.408 e. The summed E-state index contributed by atoms with van der Waals surface area (Å²) in [6, 6.07) is 6.38. The lowest BCUT2D eigenvalue weighted by molar-refractivity contribution is 0.0502. The van der Waals surface area contributed by atoms with Crippen molar-refractivity contribution in [2.75, 3.05) is 0 Å². The van der Waals surface area contributed by atoms with Crippen molar-refractivity contribution in [2.45, 2.75) is 38.8 Å². The number of halogens is 3. The van der Waals surface area contributed by atoms with E-state index in [1.165, 1.54) is 12.1 Å². The van der Waals surface area contributed by atoms with Crippen molar-refractivity contribution < 1.29 is 18.3 Å². The standard InChI is InChI=1S/C21H22BrF2N3O2/c1-21(2,3)29-20(28)26-17(9-12-7-13(23)10-14(24)8-12)19-15(22)11-18-16(25-19)5-6-27(18)4/h5-8,10-11,17H,9H2,1-4H3,(H,26,28). The van der Waals surface area contributed by atoms with Crippen molar-refractivity contribution in [3.05, 3.63) is 63.9 Å². The Balaban J connectivity index is 1.99. The largest absolute Gasteiger partial charge is 0.444 e. The fourth-order valence-electron chi connectivity index (χ4n) is 3.05. The second kappa shape index (κ2) is 8.10. The van der Waals surface area contributed by atoms with Crippen molar-refractivity contribution in [1.82, 2.24) is 14.9 Å². The predicted octanol–water partition coefficient (Wildman–Crippen LogP) is 5.42. The molecule has 5 nitrogen and oxygen atoms in total. The molecule has 0 aliphatic heterocycles. The van der Waals surface area contributed by atoms with Gasteiger partial charge in [0.25, 0.3) is 0 Å². The summed E-state index contributed by atoms with van der Waals surface area (Å²) in [6.07, 6.45) is 1.38. The molecule has 3 aromatic rings. The summed E-state index contributed by atoms with van der Waals surface area (Å²) in [5, 5.41) is 2.78. The molecule has 2 aromatic heterocycles. The Hall–Kier alpha value is -2.48. The molecule has 1 amide bonds. The van der Waals surface area contributed by atoms with E-state index in [4.69, 9.17) is 4.74 Å². The first kappa shape index (κ1) is 21.2. The van der Waals surface area contributed by atoms with E-state index in [-0.39, 0.29) is 6.42 Å². The van der Waals surface area contributed by atoms with Crippen LogP contribution < -0.4 is 5.32 Å². The molecule has 154 valence electrons. The van der Waals surface area contributed by atoms with Crippen LogP contribution in [0.25, 0.3) is 11.0 Å². The normalized spacial score (nSPS) is 12.8. The number of rotatable bonds is 4. The Morgan fingerprint density at radius 1 is 1.24 bits per heavy atom. The van der Waals surface area contributed by atoms with Crippen LogP contribution in [0, 0.1) is 11.6 Å². The highest BCUT2D eigenvalue weighted by atomic mass is 79.9. The number of nitrogens with zero attached hydrogens (tertiary/aromatic N) is 2. The molecule has 0 saturated heterocycles. The zero-order valence-corrected chi connectivity index (χ0v) is 18.2. The van der Waals surface area contributed by atoms with E-state index in [0.29, 0.717) is 15.7 Å². The highest BCUT2D eigenvalue weighted by molar-refractivity contribution is 9.10. The molecular weight excluding hydrogens is 444 g/mol. The number of ether oxygens (including phenoxy) is 1. The number of pyridine rings is 1. The molecule has 1 aromatic carbocycles. The molecule has 0 radical (unpaired) electrons. The molecule has 0 bridgehead atoms. The average molecular weight is 466 g/mol. The van der Waals surface area contributed by atoms with Crippen molar-refractivity contribution in [2.24, 2.45) is 7.05 Å². The minimum absolute atomic E-state index is 0.137. The number of benzene rings is 1. The maximum Gasteiger partial charge on any atom is 0.408 e.